The first-order valence-electron chi connectivity index (χ1n) is 12.2. The molecule has 3 aromatic carbocycles. The Labute approximate surface area is 230 Å². The summed E-state index contributed by atoms with van der Waals surface area (Å²) in [6.45, 7) is 0. The number of para-hydroxylation sites is 1. The zero-order valence-electron chi connectivity index (χ0n) is 21.1. The molecule has 0 unspecified atom stereocenters. The Kier molecular flexibility index (Phi) is 6.54. The number of nitroso groups, excluding NO2 is 1. The van der Waals surface area contributed by atoms with E-state index in [4.69, 9.17) is 9.84 Å². The molecule has 0 radical (unpaired) electrons. The molecule has 0 bridgehead atoms. The molecule has 40 heavy (non-hydrogen) atoms. The van der Waals surface area contributed by atoms with Crippen LogP contribution in [-0.4, -0.2) is 31.5 Å². The summed E-state index contributed by atoms with van der Waals surface area (Å²) in [5.41, 5.74) is 2.90. The van der Waals surface area contributed by atoms with Gasteiger partial charge in [-0.1, -0.05) is 59.9 Å². The van der Waals surface area contributed by atoms with Crippen molar-refractivity contribution in [2.24, 2.45) is 5.18 Å². The van der Waals surface area contributed by atoms with Crippen molar-refractivity contribution in [3.8, 4) is 22.7 Å². The highest BCUT2D eigenvalue weighted by molar-refractivity contribution is 7.15. The van der Waals surface area contributed by atoms with Crippen LogP contribution in [-0.2, 0) is 6.42 Å². The second-order valence-electron chi connectivity index (χ2n) is 8.83. The standard InChI is InChI=1S/C29H20N6O4S/c1-39-24-13-12-19(15-22(24)33-38)26-20(17-34(32-26)21-10-6-3-7-11-21)16-25-28(37)35-29(40-25)30-27(36)23(31-35)14-18-8-4-2-5-9-18/h2-13,15-17H,14H2,1H3/b25-16-. The predicted octanol–water partition coefficient (Wildman–Crippen LogP) is 3.91. The van der Waals surface area contributed by atoms with Gasteiger partial charge in [-0.25, -0.2) is 4.68 Å². The lowest BCUT2D eigenvalue weighted by Gasteiger charge is -2.05. The maximum atomic E-state index is 13.4. The van der Waals surface area contributed by atoms with Crippen LogP contribution in [0.3, 0.4) is 0 Å². The van der Waals surface area contributed by atoms with Crippen LogP contribution >= 0.6 is 11.3 Å². The Balaban J connectivity index is 1.51. The molecule has 0 aliphatic carbocycles. The van der Waals surface area contributed by atoms with Gasteiger partial charge in [0.25, 0.3) is 11.1 Å². The summed E-state index contributed by atoms with van der Waals surface area (Å²) in [5.74, 6) is 0.339. The summed E-state index contributed by atoms with van der Waals surface area (Å²) in [5, 5.41) is 12.2. The number of nitrogens with zero attached hydrogens (tertiary/aromatic N) is 6. The molecule has 6 rings (SSSR count). The van der Waals surface area contributed by atoms with Crippen molar-refractivity contribution in [1.29, 1.82) is 0 Å². The Morgan fingerprint density at radius 3 is 2.45 bits per heavy atom. The summed E-state index contributed by atoms with van der Waals surface area (Å²) in [6.07, 6.45) is 3.74. The van der Waals surface area contributed by atoms with Crippen LogP contribution in [0.2, 0.25) is 0 Å². The first-order chi connectivity index (χ1) is 19.5. The van der Waals surface area contributed by atoms with Crippen molar-refractivity contribution in [1.82, 2.24) is 24.4 Å². The first kappa shape index (κ1) is 25.0. The fourth-order valence-electron chi connectivity index (χ4n) is 4.32. The highest BCUT2D eigenvalue weighted by atomic mass is 32.1. The van der Waals surface area contributed by atoms with E-state index in [1.807, 2.05) is 60.7 Å². The van der Waals surface area contributed by atoms with Gasteiger partial charge in [-0.2, -0.15) is 19.7 Å². The van der Waals surface area contributed by atoms with E-state index in [1.54, 1.807) is 35.2 Å². The molecule has 6 aromatic rings. The van der Waals surface area contributed by atoms with E-state index in [9.17, 15) is 14.5 Å². The maximum Gasteiger partial charge on any atom is 0.296 e. The van der Waals surface area contributed by atoms with Gasteiger partial charge < -0.3 is 4.74 Å². The van der Waals surface area contributed by atoms with Crippen LogP contribution in [0.1, 0.15) is 16.8 Å². The predicted molar refractivity (Wildman–Crippen MR) is 152 cm³/mol. The van der Waals surface area contributed by atoms with Gasteiger partial charge in [0.2, 0.25) is 4.96 Å². The third-order valence-corrected chi connectivity index (χ3v) is 7.22. The van der Waals surface area contributed by atoms with Crippen molar-refractivity contribution in [3.63, 3.8) is 0 Å². The lowest BCUT2D eigenvalue weighted by atomic mass is 10.1. The summed E-state index contributed by atoms with van der Waals surface area (Å²) in [4.78, 5) is 41.8. The quantitative estimate of drug-likeness (QED) is 0.277. The SMILES string of the molecule is COc1ccc(-c2nn(-c3ccccc3)cc2/C=c2\sc3nc(=O)c(Cc4ccccc4)nn3c2=O)cc1N=O. The highest BCUT2D eigenvalue weighted by Crippen LogP contribution is 2.34. The monoisotopic (exact) mass is 548 g/mol. The molecule has 0 amide bonds. The van der Waals surface area contributed by atoms with Crippen molar-refractivity contribution in [3.05, 3.63) is 132 Å². The number of thiazole rings is 1. The Bertz CT molecular complexity index is 2030. The third kappa shape index (κ3) is 4.69. The van der Waals surface area contributed by atoms with E-state index in [0.29, 0.717) is 27.1 Å². The molecule has 0 aliphatic rings. The normalized spacial score (nSPS) is 11.7. The van der Waals surface area contributed by atoms with Gasteiger partial charge in [0.15, 0.2) is 5.69 Å². The van der Waals surface area contributed by atoms with E-state index in [-0.39, 0.29) is 22.8 Å². The Morgan fingerprint density at radius 2 is 1.73 bits per heavy atom. The van der Waals surface area contributed by atoms with Crippen LogP contribution in [0.25, 0.3) is 28.0 Å². The number of ether oxygens (including phenoxy) is 1. The van der Waals surface area contributed by atoms with Crippen molar-refractivity contribution in [2.75, 3.05) is 7.11 Å². The molecule has 196 valence electrons. The Hall–Kier alpha value is -5.29. The van der Waals surface area contributed by atoms with Gasteiger partial charge in [0.05, 0.1) is 17.3 Å². The van der Waals surface area contributed by atoms with E-state index in [1.165, 1.54) is 11.6 Å². The van der Waals surface area contributed by atoms with Crippen LogP contribution in [0.5, 0.6) is 5.75 Å². The molecule has 3 heterocycles. The number of fused-ring (bicyclic) bond motifs is 1. The van der Waals surface area contributed by atoms with Crippen LogP contribution in [0, 0.1) is 4.91 Å². The number of rotatable bonds is 7. The summed E-state index contributed by atoms with van der Waals surface area (Å²) >= 11 is 1.07. The molecule has 10 nitrogen and oxygen atoms in total. The highest BCUT2D eigenvalue weighted by Gasteiger charge is 2.16. The average molecular weight is 549 g/mol. The van der Waals surface area contributed by atoms with Crippen molar-refractivity contribution >= 4 is 28.1 Å². The minimum Gasteiger partial charge on any atom is -0.494 e. The fraction of sp³-hybridized carbons (Fsp3) is 0.0690. The van der Waals surface area contributed by atoms with Crippen LogP contribution < -0.4 is 20.4 Å². The molecule has 11 heteroatoms. The largest absolute Gasteiger partial charge is 0.494 e. The molecular formula is C29H20N6O4S. The van der Waals surface area contributed by atoms with Crippen LogP contribution in [0.15, 0.2) is 99.8 Å². The van der Waals surface area contributed by atoms with Gasteiger partial charge in [-0.15, -0.1) is 4.91 Å². The summed E-state index contributed by atoms with van der Waals surface area (Å²) in [7, 11) is 1.46. The average Bonchev–Trinajstić information content (AvgIpc) is 3.54. The first-order valence-corrected chi connectivity index (χ1v) is 13.0. The Morgan fingerprint density at radius 1 is 0.975 bits per heavy atom. The lowest BCUT2D eigenvalue weighted by Crippen LogP contribution is -2.28. The number of methoxy groups -OCH3 is 1. The van der Waals surface area contributed by atoms with Crippen LogP contribution in [0.4, 0.5) is 5.69 Å². The maximum absolute atomic E-state index is 13.4. The number of aromatic nitrogens is 5. The molecule has 0 spiro atoms. The van der Waals surface area contributed by atoms with Gasteiger partial charge in [0, 0.05) is 23.7 Å². The molecule has 0 aliphatic heterocycles. The third-order valence-electron chi connectivity index (χ3n) is 6.27. The minimum atomic E-state index is -0.471. The molecular weight excluding hydrogens is 528 g/mol. The van der Waals surface area contributed by atoms with E-state index in [0.717, 1.165) is 22.6 Å². The topological polar surface area (TPSA) is 121 Å². The lowest BCUT2D eigenvalue weighted by molar-refractivity contribution is 0.416. The summed E-state index contributed by atoms with van der Waals surface area (Å²) < 4.78 is 8.41. The zero-order valence-corrected chi connectivity index (χ0v) is 21.9. The molecule has 0 atom stereocenters. The molecule has 0 fully saturated rings. The smallest absolute Gasteiger partial charge is 0.296 e. The fourth-order valence-corrected chi connectivity index (χ4v) is 5.22. The second-order valence-corrected chi connectivity index (χ2v) is 9.84. The number of benzene rings is 3. The van der Waals surface area contributed by atoms with E-state index in [2.05, 4.69) is 15.3 Å². The number of hydrogen-bond donors (Lipinski definition) is 0. The zero-order chi connectivity index (χ0) is 27.6. The molecule has 0 N–H and O–H groups in total. The van der Waals surface area contributed by atoms with Crippen molar-refractivity contribution < 1.29 is 4.74 Å². The minimum absolute atomic E-state index is 0.129. The number of hydrogen-bond acceptors (Lipinski definition) is 9. The molecule has 0 saturated carbocycles. The molecule has 3 aromatic heterocycles. The van der Waals surface area contributed by atoms with Gasteiger partial charge in [0.1, 0.15) is 17.1 Å². The molecule has 0 saturated heterocycles. The van der Waals surface area contributed by atoms with E-state index >= 15 is 0 Å². The van der Waals surface area contributed by atoms with Gasteiger partial charge in [-0.3, -0.25) is 9.59 Å². The van der Waals surface area contributed by atoms with Gasteiger partial charge >= 0.3 is 0 Å². The van der Waals surface area contributed by atoms with Gasteiger partial charge in [-0.05, 0) is 47.1 Å². The van der Waals surface area contributed by atoms with E-state index < -0.39 is 11.1 Å². The van der Waals surface area contributed by atoms with Crippen molar-refractivity contribution in [2.45, 2.75) is 6.42 Å². The second kappa shape index (κ2) is 10.5. The summed E-state index contributed by atoms with van der Waals surface area (Å²) in [6, 6.07) is 23.9.